The van der Waals surface area contributed by atoms with Crippen molar-refractivity contribution >= 4 is 23.5 Å². The molecule has 0 unspecified atom stereocenters. The predicted molar refractivity (Wildman–Crippen MR) is 153 cm³/mol. The molecule has 1 spiro atoms. The van der Waals surface area contributed by atoms with E-state index >= 15 is 0 Å². The number of amides is 2. The summed E-state index contributed by atoms with van der Waals surface area (Å²) >= 11 is 0. The van der Waals surface area contributed by atoms with Crippen LogP contribution in [0.1, 0.15) is 100 Å². The molecule has 2 amide bonds. The second kappa shape index (κ2) is 11.9. The first kappa shape index (κ1) is 29.4. The standard InChI is InChI=1S/C32H40FN3O4/c1-5-6-26(21-7-9-23(10-8-21)29(39)34-20-17-27(37)38)36-30(40)28(22-11-13-25(33)14-12-22)35-32(36)18-15-24(16-19-32)31(2,3)4/h7-14,24,26H,5-6,15-20H2,1-4H3,(H,34,39)(H,37,38)/t24?,26-,32?/m1/s1. The van der Waals surface area contributed by atoms with Crippen molar-refractivity contribution in [1.29, 1.82) is 0 Å². The van der Waals surface area contributed by atoms with Gasteiger partial charge >= 0.3 is 5.97 Å². The lowest BCUT2D eigenvalue weighted by Gasteiger charge is -2.47. The lowest BCUT2D eigenvalue weighted by molar-refractivity contribution is -0.137. The number of carbonyl (C=O) groups is 3. The van der Waals surface area contributed by atoms with Gasteiger partial charge in [-0.1, -0.05) is 46.2 Å². The van der Waals surface area contributed by atoms with Gasteiger partial charge in [0.15, 0.2) is 0 Å². The van der Waals surface area contributed by atoms with Crippen molar-refractivity contribution in [3.63, 3.8) is 0 Å². The molecule has 40 heavy (non-hydrogen) atoms. The molecule has 2 aliphatic rings. The van der Waals surface area contributed by atoms with Crippen LogP contribution in [0.4, 0.5) is 4.39 Å². The Balaban J connectivity index is 1.66. The summed E-state index contributed by atoms with van der Waals surface area (Å²) < 4.78 is 13.7. The van der Waals surface area contributed by atoms with Gasteiger partial charge in [0.1, 0.15) is 17.2 Å². The molecule has 4 rings (SSSR count). The Hall–Kier alpha value is -3.55. The van der Waals surface area contributed by atoms with Gasteiger partial charge in [0.05, 0.1) is 12.5 Å². The first-order valence-corrected chi connectivity index (χ1v) is 14.2. The summed E-state index contributed by atoms with van der Waals surface area (Å²) in [5.74, 6) is -1.28. The smallest absolute Gasteiger partial charge is 0.305 e. The molecule has 7 nitrogen and oxygen atoms in total. The third-order valence-corrected chi connectivity index (χ3v) is 8.37. The molecule has 1 aliphatic heterocycles. The average Bonchev–Trinajstić information content (AvgIpc) is 3.18. The summed E-state index contributed by atoms with van der Waals surface area (Å²) in [6.07, 6.45) is 4.87. The van der Waals surface area contributed by atoms with E-state index in [4.69, 9.17) is 10.1 Å². The number of benzene rings is 2. The second-order valence-electron chi connectivity index (χ2n) is 12.1. The van der Waals surface area contributed by atoms with Crippen molar-refractivity contribution < 1.29 is 23.9 Å². The van der Waals surface area contributed by atoms with Gasteiger partial charge in [-0.15, -0.1) is 0 Å². The van der Waals surface area contributed by atoms with Crippen LogP contribution in [-0.2, 0) is 9.59 Å². The number of aliphatic imine (C=N–C) groups is 1. The Labute approximate surface area is 235 Å². The Morgan fingerprint density at radius 2 is 1.73 bits per heavy atom. The third-order valence-electron chi connectivity index (χ3n) is 8.37. The minimum atomic E-state index is -0.971. The molecule has 8 heteroatoms. The zero-order valence-corrected chi connectivity index (χ0v) is 23.9. The molecular formula is C32H40FN3O4. The summed E-state index contributed by atoms with van der Waals surface area (Å²) in [5, 5.41) is 11.5. The van der Waals surface area contributed by atoms with Crippen LogP contribution in [0.2, 0.25) is 0 Å². The number of hydrogen-bond donors (Lipinski definition) is 2. The third kappa shape index (κ3) is 6.26. The fourth-order valence-corrected chi connectivity index (χ4v) is 6.10. The molecule has 0 radical (unpaired) electrons. The molecule has 1 saturated carbocycles. The number of rotatable bonds is 9. The zero-order chi connectivity index (χ0) is 29.1. The minimum absolute atomic E-state index is 0.0538. The van der Waals surface area contributed by atoms with E-state index in [0.29, 0.717) is 22.8 Å². The maximum absolute atomic E-state index is 14.2. The Kier molecular flexibility index (Phi) is 8.76. The van der Waals surface area contributed by atoms with Crippen LogP contribution >= 0.6 is 0 Å². The van der Waals surface area contributed by atoms with Crippen LogP contribution < -0.4 is 5.32 Å². The van der Waals surface area contributed by atoms with Crippen molar-refractivity contribution in [3.05, 3.63) is 71.0 Å². The van der Waals surface area contributed by atoms with Gasteiger partial charge in [0, 0.05) is 17.7 Å². The number of hydrogen-bond acceptors (Lipinski definition) is 4. The highest BCUT2D eigenvalue weighted by Crippen LogP contribution is 2.49. The Morgan fingerprint density at radius 3 is 2.27 bits per heavy atom. The summed E-state index contributed by atoms with van der Waals surface area (Å²) in [5.41, 5.74) is 1.85. The van der Waals surface area contributed by atoms with E-state index in [1.807, 2.05) is 17.0 Å². The highest BCUT2D eigenvalue weighted by atomic mass is 19.1. The normalized spacial score (nSPS) is 21.8. The Morgan fingerprint density at radius 1 is 1.10 bits per heavy atom. The number of nitrogens with zero attached hydrogens (tertiary/aromatic N) is 2. The summed E-state index contributed by atoms with van der Waals surface area (Å²) in [7, 11) is 0. The van der Waals surface area contributed by atoms with Crippen LogP contribution in [0.3, 0.4) is 0 Å². The molecule has 2 aromatic rings. The number of aliphatic carboxylic acids is 1. The van der Waals surface area contributed by atoms with Crippen LogP contribution in [-0.4, -0.2) is 45.7 Å². The van der Waals surface area contributed by atoms with E-state index in [1.54, 1.807) is 24.3 Å². The minimum Gasteiger partial charge on any atom is -0.481 e. The van der Waals surface area contributed by atoms with Gasteiger partial charge in [-0.25, -0.2) is 4.39 Å². The number of carbonyl (C=O) groups excluding carboxylic acids is 2. The van der Waals surface area contributed by atoms with E-state index < -0.39 is 11.6 Å². The van der Waals surface area contributed by atoms with Crippen molar-refractivity contribution in [3.8, 4) is 0 Å². The lowest BCUT2D eigenvalue weighted by Crippen LogP contribution is -2.51. The highest BCUT2D eigenvalue weighted by Gasteiger charge is 2.52. The van der Waals surface area contributed by atoms with Crippen LogP contribution in [0.5, 0.6) is 0 Å². The maximum Gasteiger partial charge on any atom is 0.305 e. The van der Waals surface area contributed by atoms with Gasteiger partial charge in [-0.3, -0.25) is 19.4 Å². The molecule has 0 bridgehead atoms. The molecule has 2 N–H and O–H groups in total. The van der Waals surface area contributed by atoms with E-state index in [0.717, 1.165) is 44.1 Å². The number of carboxylic acids is 1. The number of carboxylic acid groups (broad SMARTS) is 1. The predicted octanol–water partition coefficient (Wildman–Crippen LogP) is 6.14. The van der Waals surface area contributed by atoms with Crippen molar-refractivity contribution in [2.45, 2.75) is 84.3 Å². The highest BCUT2D eigenvalue weighted by molar-refractivity contribution is 6.46. The quantitative estimate of drug-likeness (QED) is 0.393. The van der Waals surface area contributed by atoms with Crippen LogP contribution in [0.15, 0.2) is 53.5 Å². The van der Waals surface area contributed by atoms with Crippen LogP contribution in [0.25, 0.3) is 0 Å². The zero-order valence-electron chi connectivity index (χ0n) is 23.9. The van der Waals surface area contributed by atoms with Gasteiger partial charge in [-0.05, 0) is 85.4 Å². The monoisotopic (exact) mass is 549 g/mol. The second-order valence-corrected chi connectivity index (χ2v) is 12.1. The van der Waals surface area contributed by atoms with Gasteiger partial charge in [-0.2, -0.15) is 0 Å². The topological polar surface area (TPSA) is 99.1 Å². The molecule has 1 heterocycles. The van der Waals surface area contributed by atoms with Crippen molar-refractivity contribution in [2.75, 3.05) is 6.54 Å². The summed E-state index contributed by atoms with van der Waals surface area (Å²) in [4.78, 5) is 44.5. The average molecular weight is 550 g/mol. The molecule has 1 aliphatic carbocycles. The van der Waals surface area contributed by atoms with Crippen molar-refractivity contribution in [1.82, 2.24) is 10.2 Å². The number of nitrogens with one attached hydrogen (secondary N) is 1. The van der Waals surface area contributed by atoms with E-state index in [2.05, 4.69) is 33.0 Å². The maximum atomic E-state index is 14.2. The molecule has 1 atom stereocenters. The fourth-order valence-electron chi connectivity index (χ4n) is 6.10. The summed E-state index contributed by atoms with van der Waals surface area (Å²) in [6.45, 7) is 8.93. The molecule has 0 saturated heterocycles. The van der Waals surface area contributed by atoms with Crippen molar-refractivity contribution in [2.24, 2.45) is 16.3 Å². The van der Waals surface area contributed by atoms with E-state index in [1.165, 1.54) is 12.1 Å². The SMILES string of the molecule is CCC[C@H](c1ccc(C(=O)NCCC(=O)O)cc1)N1C(=O)C(c2ccc(F)cc2)=NC12CCC(C(C)(C)C)CC2. The van der Waals surface area contributed by atoms with Crippen LogP contribution in [0, 0.1) is 17.2 Å². The summed E-state index contributed by atoms with van der Waals surface area (Å²) in [6, 6.07) is 12.9. The van der Waals surface area contributed by atoms with Gasteiger partial charge in [0.2, 0.25) is 0 Å². The molecule has 1 fully saturated rings. The largest absolute Gasteiger partial charge is 0.481 e. The molecule has 214 valence electrons. The molecule has 0 aromatic heterocycles. The van der Waals surface area contributed by atoms with Gasteiger partial charge in [0.25, 0.3) is 11.8 Å². The number of halogens is 1. The molecule has 2 aromatic carbocycles. The van der Waals surface area contributed by atoms with E-state index in [-0.39, 0.29) is 42.1 Å². The first-order chi connectivity index (χ1) is 18.9. The fraction of sp³-hybridized carbons (Fsp3) is 0.500. The first-order valence-electron chi connectivity index (χ1n) is 14.2. The molecular weight excluding hydrogens is 509 g/mol. The van der Waals surface area contributed by atoms with Gasteiger partial charge < -0.3 is 15.3 Å². The lowest BCUT2D eigenvalue weighted by atomic mass is 9.69. The Bertz CT molecular complexity index is 1260. The van der Waals surface area contributed by atoms with E-state index in [9.17, 15) is 18.8 Å².